The first-order valence-corrected chi connectivity index (χ1v) is 6.33. The predicted octanol–water partition coefficient (Wildman–Crippen LogP) is 3.80. The number of hydrogen-bond donors (Lipinski definition) is 1. The molecule has 20 heavy (non-hydrogen) atoms. The minimum atomic E-state index is -4.36. The second kappa shape index (κ2) is 6.05. The van der Waals surface area contributed by atoms with Crippen LogP contribution >= 0.6 is 0 Å². The summed E-state index contributed by atoms with van der Waals surface area (Å²) in [4.78, 5) is 3.90. The zero-order valence-corrected chi connectivity index (χ0v) is 11.0. The molecule has 0 saturated carbocycles. The lowest BCUT2D eigenvalue weighted by Gasteiger charge is -2.22. The smallest absolute Gasteiger partial charge is 0.307 e. The minimum Gasteiger partial charge on any atom is -0.307 e. The zero-order chi connectivity index (χ0) is 14.6. The van der Waals surface area contributed by atoms with Gasteiger partial charge in [-0.1, -0.05) is 25.1 Å². The highest BCUT2D eigenvalue weighted by molar-refractivity contribution is 5.38. The third kappa shape index (κ3) is 3.17. The van der Waals surface area contributed by atoms with Gasteiger partial charge >= 0.3 is 6.18 Å². The molecule has 1 unspecified atom stereocenters. The van der Waals surface area contributed by atoms with Crippen molar-refractivity contribution in [3.63, 3.8) is 0 Å². The monoisotopic (exact) mass is 280 g/mol. The fraction of sp³-hybridized carbons (Fsp3) is 0.267. The number of pyridine rings is 1. The number of nitrogens with zero attached hydrogens (tertiary/aromatic N) is 1. The Bertz CT molecular complexity index is 553. The summed E-state index contributed by atoms with van der Waals surface area (Å²) < 4.78 is 39.4. The molecule has 0 saturated heterocycles. The molecule has 5 heteroatoms. The van der Waals surface area contributed by atoms with E-state index < -0.39 is 17.8 Å². The first-order valence-electron chi connectivity index (χ1n) is 6.33. The topological polar surface area (TPSA) is 24.9 Å². The van der Waals surface area contributed by atoms with Crippen molar-refractivity contribution < 1.29 is 13.2 Å². The number of rotatable bonds is 4. The second-order valence-corrected chi connectivity index (χ2v) is 4.36. The quantitative estimate of drug-likeness (QED) is 0.921. The van der Waals surface area contributed by atoms with Crippen LogP contribution in [0, 0.1) is 0 Å². The van der Waals surface area contributed by atoms with Crippen molar-refractivity contribution in [2.75, 3.05) is 6.54 Å². The number of hydrogen-bond acceptors (Lipinski definition) is 2. The summed E-state index contributed by atoms with van der Waals surface area (Å²) in [6, 6.07) is 8.59. The van der Waals surface area contributed by atoms with Gasteiger partial charge in [0.2, 0.25) is 0 Å². The number of nitrogens with one attached hydrogen (secondary N) is 1. The molecule has 0 spiro atoms. The highest BCUT2D eigenvalue weighted by Gasteiger charge is 2.35. The predicted molar refractivity (Wildman–Crippen MR) is 71.2 cm³/mol. The molecule has 2 nitrogen and oxygen atoms in total. The molecule has 1 atom stereocenters. The minimum absolute atomic E-state index is 0.230. The Kier molecular flexibility index (Phi) is 4.39. The van der Waals surface area contributed by atoms with E-state index in [2.05, 4.69) is 10.3 Å². The van der Waals surface area contributed by atoms with Crippen LogP contribution in [0.25, 0.3) is 0 Å². The SMILES string of the molecule is CCNC(c1ccncc1)c1ccccc1C(F)(F)F. The molecule has 1 heterocycles. The molecule has 0 amide bonds. The number of aromatic nitrogens is 1. The van der Waals surface area contributed by atoms with Crippen LogP contribution in [0.4, 0.5) is 13.2 Å². The summed E-state index contributed by atoms with van der Waals surface area (Å²) >= 11 is 0. The van der Waals surface area contributed by atoms with Crippen LogP contribution < -0.4 is 5.32 Å². The van der Waals surface area contributed by atoms with Gasteiger partial charge in [-0.25, -0.2) is 0 Å². The fourth-order valence-corrected chi connectivity index (χ4v) is 2.17. The summed E-state index contributed by atoms with van der Waals surface area (Å²) in [7, 11) is 0. The number of benzene rings is 1. The Morgan fingerprint density at radius 1 is 1.10 bits per heavy atom. The lowest BCUT2D eigenvalue weighted by atomic mass is 9.94. The van der Waals surface area contributed by atoms with Crippen LogP contribution in [0.1, 0.15) is 29.7 Å². The molecule has 1 aromatic carbocycles. The van der Waals surface area contributed by atoms with E-state index in [9.17, 15) is 13.2 Å². The van der Waals surface area contributed by atoms with E-state index in [1.54, 1.807) is 30.6 Å². The first-order chi connectivity index (χ1) is 9.54. The molecule has 0 radical (unpaired) electrons. The molecule has 2 aromatic rings. The molecule has 1 aromatic heterocycles. The van der Waals surface area contributed by atoms with Gasteiger partial charge in [-0.2, -0.15) is 13.2 Å². The third-order valence-corrected chi connectivity index (χ3v) is 3.02. The maximum atomic E-state index is 13.1. The Labute approximate surface area is 115 Å². The summed E-state index contributed by atoms with van der Waals surface area (Å²) in [6.07, 6.45) is -1.21. The lowest BCUT2D eigenvalue weighted by Crippen LogP contribution is -2.25. The van der Waals surface area contributed by atoms with E-state index >= 15 is 0 Å². The molecule has 1 N–H and O–H groups in total. The van der Waals surface area contributed by atoms with Crippen LogP contribution in [-0.4, -0.2) is 11.5 Å². The Morgan fingerprint density at radius 2 is 1.75 bits per heavy atom. The maximum Gasteiger partial charge on any atom is 0.416 e. The van der Waals surface area contributed by atoms with Crippen molar-refractivity contribution in [1.82, 2.24) is 10.3 Å². The van der Waals surface area contributed by atoms with Crippen molar-refractivity contribution in [3.05, 3.63) is 65.5 Å². The summed E-state index contributed by atoms with van der Waals surface area (Å²) in [5.41, 5.74) is 0.384. The normalized spacial score (nSPS) is 13.2. The van der Waals surface area contributed by atoms with Gasteiger partial charge in [0.1, 0.15) is 0 Å². The summed E-state index contributed by atoms with van der Waals surface area (Å²) in [5, 5.41) is 3.10. The van der Waals surface area contributed by atoms with E-state index in [4.69, 9.17) is 0 Å². The van der Waals surface area contributed by atoms with Crippen LogP contribution in [0.3, 0.4) is 0 Å². The van der Waals surface area contributed by atoms with Gasteiger partial charge in [0.05, 0.1) is 11.6 Å². The van der Waals surface area contributed by atoms with Crippen molar-refractivity contribution >= 4 is 0 Å². The van der Waals surface area contributed by atoms with Crippen molar-refractivity contribution in [3.8, 4) is 0 Å². The Morgan fingerprint density at radius 3 is 2.35 bits per heavy atom. The molecular formula is C15H15F3N2. The van der Waals surface area contributed by atoms with Gasteiger partial charge < -0.3 is 5.32 Å². The standard InChI is InChI=1S/C15H15F3N2/c1-2-20-14(11-7-9-19-10-8-11)12-5-3-4-6-13(12)15(16,17)18/h3-10,14,20H,2H2,1H3. The summed E-state index contributed by atoms with van der Waals surface area (Å²) in [5.74, 6) is 0. The molecule has 0 aliphatic carbocycles. The van der Waals surface area contributed by atoms with Crippen molar-refractivity contribution in [2.45, 2.75) is 19.1 Å². The molecule has 0 aliphatic heterocycles. The van der Waals surface area contributed by atoms with E-state index in [1.165, 1.54) is 12.1 Å². The van der Waals surface area contributed by atoms with Crippen LogP contribution in [-0.2, 0) is 6.18 Å². The van der Waals surface area contributed by atoms with Gasteiger partial charge in [0.15, 0.2) is 0 Å². The zero-order valence-electron chi connectivity index (χ0n) is 11.0. The van der Waals surface area contributed by atoms with E-state index in [0.717, 1.165) is 11.6 Å². The lowest BCUT2D eigenvalue weighted by molar-refractivity contribution is -0.138. The van der Waals surface area contributed by atoms with E-state index in [0.29, 0.717) is 6.54 Å². The molecule has 2 rings (SSSR count). The first kappa shape index (κ1) is 14.5. The van der Waals surface area contributed by atoms with Crippen LogP contribution in [0.5, 0.6) is 0 Å². The average Bonchev–Trinajstić information content (AvgIpc) is 2.45. The van der Waals surface area contributed by atoms with Crippen LogP contribution in [0.2, 0.25) is 0 Å². The molecule has 0 fully saturated rings. The summed E-state index contributed by atoms with van der Waals surface area (Å²) in [6.45, 7) is 2.43. The Balaban J connectivity index is 2.51. The van der Waals surface area contributed by atoms with Gasteiger partial charge in [-0.05, 0) is 35.9 Å². The van der Waals surface area contributed by atoms with Crippen molar-refractivity contribution in [2.24, 2.45) is 0 Å². The number of halogens is 3. The van der Waals surface area contributed by atoms with Crippen molar-refractivity contribution in [1.29, 1.82) is 0 Å². The second-order valence-electron chi connectivity index (χ2n) is 4.36. The van der Waals surface area contributed by atoms with Crippen LogP contribution in [0.15, 0.2) is 48.8 Å². The fourth-order valence-electron chi connectivity index (χ4n) is 2.17. The molecular weight excluding hydrogens is 265 g/mol. The third-order valence-electron chi connectivity index (χ3n) is 3.02. The Hall–Kier alpha value is -1.88. The largest absolute Gasteiger partial charge is 0.416 e. The average molecular weight is 280 g/mol. The highest BCUT2D eigenvalue weighted by Crippen LogP contribution is 2.36. The highest BCUT2D eigenvalue weighted by atomic mass is 19.4. The van der Waals surface area contributed by atoms with Gasteiger partial charge in [0, 0.05) is 12.4 Å². The van der Waals surface area contributed by atoms with Gasteiger partial charge in [-0.15, -0.1) is 0 Å². The van der Waals surface area contributed by atoms with Gasteiger partial charge in [0.25, 0.3) is 0 Å². The molecule has 0 aliphatic rings. The van der Waals surface area contributed by atoms with Gasteiger partial charge in [-0.3, -0.25) is 4.98 Å². The maximum absolute atomic E-state index is 13.1. The van der Waals surface area contributed by atoms with E-state index in [-0.39, 0.29) is 5.56 Å². The van der Waals surface area contributed by atoms with E-state index in [1.807, 2.05) is 6.92 Å². The molecule has 0 bridgehead atoms. The number of alkyl halides is 3. The molecule has 106 valence electrons.